The predicted octanol–water partition coefficient (Wildman–Crippen LogP) is 4.64. The normalized spacial score (nSPS) is 12.0. The van der Waals surface area contributed by atoms with Crippen molar-refractivity contribution in [3.05, 3.63) is 99.5 Å². The number of carbonyl (C=O) groups excluding carboxylic acids is 2. The molecule has 0 radical (unpaired) electrons. The standard InChI is InChI=1S/C27H29BrClN3O4S/c1-3-30-27(34)25(16-20-9-5-4-6-10-20)31(18-21-11-7-13-23(29)15-21)26(33)19-32(37(2,35)36)24-14-8-12-22(28)17-24/h4-15,17,25H,3,16,18-19H2,1-2H3,(H,30,34)/t25-/m0/s1. The number of rotatable bonds is 11. The van der Waals surface area contributed by atoms with Crippen molar-refractivity contribution in [2.24, 2.45) is 0 Å². The number of sulfonamides is 1. The second-order valence-electron chi connectivity index (χ2n) is 8.50. The van der Waals surface area contributed by atoms with Crippen molar-refractivity contribution in [2.45, 2.75) is 25.9 Å². The van der Waals surface area contributed by atoms with Crippen molar-refractivity contribution >= 4 is 55.1 Å². The molecule has 0 spiro atoms. The molecule has 196 valence electrons. The number of nitrogens with zero attached hydrogens (tertiary/aromatic N) is 2. The lowest BCUT2D eigenvalue weighted by atomic mass is 10.0. The molecule has 3 rings (SSSR count). The molecule has 0 aliphatic carbocycles. The Labute approximate surface area is 231 Å². The maximum atomic E-state index is 13.9. The van der Waals surface area contributed by atoms with Crippen molar-refractivity contribution < 1.29 is 18.0 Å². The van der Waals surface area contributed by atoms with Crippen LogP contribution in [0.2, 0.25) is 5.02 Å². The van der Waals surface area contributed by atoms with Crippen LogP contribution in [-0.2, 0) is 32.6 Å². The van der Waals surface area contributed by atoms with Gasteiger partial charge in [-0.25, -0.2) is 8.42 Å². The molecule has 7 nitrogen and oxygen atoms in total. The highest BCUT2D eigenvalue weighted by molar-refractivity contribution is 9.10. The van der Waals surface area contributed by atoms with Crippen molar-refractivity contribution in [2.75, 3.05) is 23.7 Å². The summed E-state index contributed by atoms with van der Waals surface area (Å²) < 4.78 is 27.2. The third kappa shape index (κ3) is 8.31. The van der Waals surface area contributed by atoms with Gasteiger partial charge < -0.3 is 10.2 Å². The Kier molecular flexibility index (Phi) is 10.1. The first-order chi connectivity index (χ1) is 17.6. The molecule has 10 heteroatoms. The Bertz CT molecular complexity index is 1340. The molecular formula is C27H29BrClN3O4S. The Balaban J connectivity index is 2.04. The van der Waals surface area contributed by atoms with Gasteiger partial charge in [-0.05, 0) is 48.4 Å². The van der Waals surface area contributed by atoms with E-state index in [1.165, 1.54) is 4.90 Å². The summed E-state index contributed by atoms with van der Waals surface area (Å²) in [6.45, 7) is 1.79. The fraction of sp³-hybridized carbons (Fsp3) is 0.259. The third-order valence-electron chi connectivity index (χ3n) is 5.64. The molecule has 37 heavy (non-hydrogen) atoms. The molecule has 0 unspecified atom stereocenters. The van der Waals surface area contributed by atoms with Crippen LogP contribution >= 0.6 is 27.5 Å². The first-order valence-electron chi connectivity index (χ1n) is 11.7. The van der Waals surface area contributed by atoms with Gasteiger partial charge in [0.05, 0.1) is 11.9 Å². The summed E-state index contributed by atoms with van der Waals surface area (Å²) >= 11 is 9.55. The molecule has 1 atom stereocenters. The highest BCUT2D eigenvalue weighted by Crippen LogP contribution is 2.24. The lowest BCUT2D eigenvalue weighted by Gasteiger charge is -2.33. The Morgan fingerprint density at radius 1 is 0.973 bits per heavy atom. The number of hydrogen-bond acceptors (Lipinski definition) is 4. The van der Waals surface area contributed by atoms with Crippen LogP contribution in [0.5, 0.6) is 0 Å². The zero-order chi connectivity index (χ0) is 27.0. The van der Waals surface area contributed by atoms with Gasteiger partial charge >= 0.3 is 0 Å². The van der Waals surface area contributed by atoms with Gasteiger partial charge in [-0.2, -0.15) is 0 Å². The van der Waals surface area contributed by atoms with Gasteiger partial charge in [0.2, 0.25) is 21.8 Å². The number of halogens is 2. The molecule has 0 heterocycles. The van der Waals surface area contributed by atoms with Crippen LogP contribution < -0.4 is 9.62 Å². The van der Waals surface area contributed by atoms with E-state index >= 15 is 0 Å². The van der Waals surface area contributed by atoms with Crippen LogP contribution in [0.15, 0.2) is 83.3 Å². The fourth-order valence-electron chi connectivity index (χ4n) is 3.92. The molecule has 0 aliphatic heterocycles. The predicted molar refractivity (Wildman–Crippen MR) is 151 cm³/mol. The minimum Gasteiger partial charge on any atom is -0.355 e. The third-order valence-corrected chi connectivity index (χ3v) is 7.51. The molecule has 0 saturated carbocycles. The maximum Gasteiger partial charge on any atom is 0.244 e. The van der Waals surface area contributed by atoms with Gasteiger partial charge in [0.25, 0.3) is 0 Å². The lowest BCUT2D eigenvalue weighted by Crippen LogP contribution is -2.53. The van der Waals surface area contributed by atoms with Crippen LogP contribution in [0, 0.1) is 0 Å². The molecule has 3 aromatic rings. The van der Waals surface area contributed by atoms with E-state index in [-0.39, 0.29) is 18.9 Å². The summed E-state index contributed by atoms with van der Waals surface area (Å²) in [4.78, 5) is 28.6. The lowest BCUT2D eigenvalue weighted by molar-refractivity contribution is -0.140. The van der Waals surface area contributed by atoms with E-state index in [4.69, 9.17) is 11.6 Å². The fourth-order valence-corrected chi connectivity index (χ4v) is 5.36. The molecule has 1 N–H and O–H groups in total. The van der Waals surface area contributed by atoms with E-state index in [9.17, 15) is 18.0 Å². The molecule has 0 bridgehead atoms. The summed E-state index contributed by atoms with van der Waals surface area (Å²) in [7, 11) is -3.81. The Hall–Kier alpha value is -2.88. The van der Waals surface area contributed by atoms with E-state index in [0.29, 0.717) is 21.7 Å². The zero-order valence-electron chi connectivity index (χ0n) is 20.6. The zero-order valence-corrected chi connectivity index (χ0v) is 23.8. The largest absolute Gasteiger partial charge is 0.355 e. The number of likely N-dealkylation sites (N-methyl/N-ethyl adjacent to an activating group) is 1. The van der Waals surface area contributed by atoms with Gasteiger partial charge in [0, 0.05) is 29.0 Å². The number of anilines is 1. The monoisotopic (exact) mass is 605 g/mol. The number of benzene rings is 3. The molecule has 2 amide bonds. The number of hydrogen-bond donors (Lipinski definition) is 1. The van der Waals surface area contributed by atoms with Crippen molar-refractivity contribution in [1.29, 1.82) is 0 Å². The van der Waals surface area contributed by atoms with E-state index in [2.05, 4.69) is 21.2 Å². The molecule has 0 aromatic heterocycles. The highest BCUT2D eigenvalue weighted by Gasteiger charge is 2.32. The summed E-state index contributed by atoms with van der Waals surface area (Å²) in [6, 6.07) is 22.2. The van der Waals surface area contributed by atoms with Gasteiger partial charge in [-0.1, -0.05) is 76.1 Å². The van der Waals surface area contributed by atoms with E-state index in [1.807, 2.05) is 36.4 Å². The van der Waals surface area contributed by atoms with Gasteiger partial charge in [0.1, 0.15) is 12.6 Å². The first-order valence-corrected chi connectivity index (χ1v) is 14.7. The van der Waals surface area contributed by atoms with Crippen LogP contribution in [0.25, 0.3) is 0 Å². The average Bonchev–Trinajstić information content (AvgIpc) is 2.84. The quantitative estimate of drug-likeness (QED) is 0.345. The Morgan fingerprint density at radius 3 is 2.27 bits per heavy atom. The second kappa shape index (κ2) is 13.1. The number of amides is 2. The van der Waals surface area contributed by atoms with Crippen LogP contribution in [0.1, 0.15) is 18.1 Å². The van der Waals surface area contributed by atoms with Crippen molar-refractivity contribution in [3.8, 4) is 0 Å². The summed E-state index contributed by atoms with van der Waals surface area (Å²) in [5, 5.41) is 3.32. The van der Waals surface area contributed by atoms with Gasteiger partial charge in [-0.15, -0.1) is 0 Å². The van der Waals surface area contributed by atoms with E-state index < -0.39 is 28.5 Å². The SMILES string of the molecule is CCNC(=O)[C@H](Cc1ccccc1)N(Cc1cccc(Cl)c1)C(=O)CN(c1cccc(Br)c1)S(C)(=O)=O. The topological polar surface area (TPSA) is 86.8 Å². The van der Waals surface area contributed by atoms with Crippen LogP contribution in [-0.4, -0.2) is 50.5 Å². The molecule has 3 aromatic carbocycles. The van der Waals surface area contributed by atoms with Gasteiger partial charge in [-0.3, -0.25) is 13.9 Å². The van der Waals surface area contributed by atoms with Crippen molar-refractivity contribution in [3.63, 3.8) is 0 Å². The van der Waals surface area contributed by atoms with Crippen LogP contribution in [0.3, 0.4) is 0 Å². The first kappa shape index (κ1) is 28.7. The molecule has 0 fully saturated rings. The van der Waals surface area contributed by atoms with Crippen LogP contribution in [0.4, 0.5) is 5.69 Å². The summed E-state index contributed by atoms with van der Waals surface area (Å²) in [5.74, 6) is -0.840. The van der Waals surface area contributed by atoms with Gasteiger partial charge in [0.15, 0.2) is 0 Å². The molecular weight excluding hydrogens is 578 g/mol. The average molecular weight is 607 g/mol. The van der Waals surface area contributed by atoms with E-state index in [0.717, 1.165) is 21.7 Å². The highest BCUT2D eigenvalue weighted by atomic mass is 79.9. The minimum absolute atomic E-state index is 0.0735. The maximum absolute atomic E-state index is 13.9. The summed E-state index contributed by atoms with van der Waals surface area (Å²) in [5.41, 5.74) is 1.93. The number of carbonyl (C=O) groups is 2. The second-order valence-corrected chi connectivity index (χ2v) is 11.8. The minimum atomic E-state index is -3.81. The number of nitrogens with one attached hydrogen (secondary N) is 1. The molecule has 0 aliphatic rings. The Morgan fingerprint density at radius 2 is 1.65 bits per heavy atom. The van der Waals surface area contributed by atoms with E-state index in [1.54, 1.807) is 49.4 Å². The smallest absolute Gasteiger partial charge is 0.244 e. The molecule has 0 saturated heterocycles. The van der Waals surface area contributed by atoms with Crippen molar-refractivity contribution in [1.82, 2.24) is 10.2 Å². The summed E-state index contributed by atoms with van der Waals surface area (Å²) in [6.07, 6.45) is 1.31.